The molecule has 0 atom stereocenters. The molecule has 0 unspecified atom stereocenters. The molecule has 0 spiro atoms. The van der Waals surface area contributed by atoms with Crippen LogP contribution in [-0.4, -0.2) is 11.1 Å². The molecule has 0 fully saturated rings. The summed E-state index contributed by atoms with van der Waals surface area (Å²) in [4.78, 5) is 10.6. The molecule has 0 aliphatic heterocycles. The molecular formula is C12H14O2. The Bertz CT molecular complexity index is 364. The summed E-state index contributed by atoms with van der Waals surface area (Å²) in [6.45, 7) is 3.67. The van der Waals surface area contributed by atoms with Crippen molar-refractivity contribution >= 4 is 12.0 Å². The van der Waals surface area contributed by atoms with Crippen molar-refractivity contribution in [1.82, 2.24) is 0 Å². The van der Waals surface area contributed by atoms with Gasteiger partial charge >= 0.3 is 5.97 Å². The fourth-order valence-corrected chi connectivity index (χ4v) is 1.21. The van der Waals surface area contributed by atoms with E-state index in [1.807, 2.05) is 24.3 Å². The van der Waals surface area contributed by atoms with Crippen molar-refractivity contribution in [3.8, 4) is 0 Å². The summed E-state index contributed by atoms with van der Waals surface area (Å²) in [5.41, 5.74) is 2.53. The molecule has 1 N–H and O–H groups in total. The summed E-state index contributed by atoms with van der Waals surface area (Å²) < 4.78 is 0. The Morgan fingerprint density at radius 2 is 2.21 bits per heavy atom. The van der Waals surface area contributed by atoms with Crippen molar-refractivity contribution < 1.29 is 9.90 Å². The summed E-state index contributed by atoms with van der Waals surface area (Å²) in [5, 5.41) is 8.70. The molecule has 1 rings (SSSR count). The molecule has 0 saturated heterocycles. The first-order valence-corrected chi connectivity index (χ1v) is 4.64. The number of hydrogen-bond acceptors (Lipinski definition) is 1. The highest BCUT2D eigenvalue weighted by Gasteiger charge is 1.99. The minimum absolute atomic E-state index is 0.359. The van der Waals surface area contributed by atoms with Crippen LogP contribution in [0.2, 0.25) is 0 Å². The average Bonchev–Trinajstić information content (AvgIpc) is 2.18. The van der Waals surface area contributed by atoms with E-state index >= 15 is 0 Å². The lowest BCUT2D eigenvalue weighted by atomic mass is 10.1. The number of aliphatic carboxylic acids is 1. The van der Waals surface area contributed by atoms with Gasteiger partial charge in [-0.05, 0) is 30.5 Å². The number of aryl methyl sites for hydroxylation is 1. The topological polar surface area (TPSA) is 37.3 Å². The second-order valence-electron chi connectivity index (χ2n) is 3.23. The van der Waals surface area contributed by atoms with Gasteiger partial charge in [0.25, 0.3) is 0 Å². The normalized spacial score (nSPS) is 11.4. The molecular weight excluding hydrogens is 176 g/mol. The second-order valence-corrected chi connectivity index (χ2v) is 3.23. The van der Waals surface area contributed by atoms with Crippen molar-refractivity contribution in [2.75, 3.05) is 0 Å². The highest BCUT2D eigenvalue weighted by Crippen LogP contribution is 2.10. The predicted molar refractivity (Wildman–Crippen MR) is 57.1 cm³/mol. The van der Waals surface area contributed by atoms with Gasteiger partial charge in [-0.2, -0.15) is 0 Å². The molecule has 2 nitrogen and oxygen atoms in total. The van der Waals surface area contributed by atoms with Gasteiger partial charge in [0, 0.05) is 5.57 Å². The number of benzene rings is 1. The Kier molecular flexibility index (Phi) is 3.46. The van der Waals surface area contributed by atoms with Gasteiger partial charge in [0.05, 0.1) is 0 Å². The SMILES string of the molecule is CCc1cccc(C=C(C)C(=O)O)c1. The molecule has 1 aromatic carbocycles. The van der Waals surface area contributed by atoms with Crippen molar-refractivity contribution in [2.45, 2.75) is 20.3 Å². The third-order valence-electron chi connectivity index (χ3n) is 2.08. The zero-order valence-electron chi connectivity index (χ0n) is 8.45. The van der Waals surface area contributed by atoms with Crippen LogP contribution in [0.1, 0.15) is 25.0 Å². The van der Waals surface area contributed by atoms with Crippen molar-refractivity contribution in [3.05, 3.63) is 41.0 Å². The van der Waals surface area contributed by atoms with Crippen molar-refractivity contribution in [1.29, 1.82) is 0 Å². The maximum absolute atomic E-state index is 10.6. The van der Waals surface area contributed by atoms with E-state index in [2.05, 4.69) is 6.92 Å². The summed E-state index contributed by atoms with van der Waals surface area (Å²) in [5.74, 6) is -0.869. The van der Waals surface area contributed by atoms with Gasteiger partial charge in [-0.25, -0.2) is 4.79 Å². The largest absolute Gasteiger partial charge is 0.478 e. The molecule has 14 heavy (non-hydrogen) atoms. The Morgan fingerprint density at radius 3 is 2.79 bits per heavy atom. The summed E-state index contributed by atoms with van der Waals surface area (Å²) >= 11 is 0. The summed E-state index contributed by atoms with van der Waals surface area (Å²) in [6, 6.07) is 7.89. The van der Waals surface area contributed by atoms with E-state index in [1.165, 1.54) is 5.56 Å². The fraction of sp³-hybridized carbons (Fsp3) is 0.250. The first-order chi connectivity index (χ1) is 6.63. The minimum Gasteiger partial charge on any atom is -0.478 e. The molecule has 2 heteroatoms. The van der Waals surface area contributed by atoms with Gasteiger partial charge in [-0.15, -0.1) is 0 Å². The highest BCUT2D eigenvalue weighted by atomic mass is 16.4. The average molecular weight is 190 g/mol. The summed E-state index contributed by atoms with van der Waals surface area (Å²) in [6.07, 6.45) is 2.65. The second kappa shape index (κ2) is 4.61. The van der Waals surface area contributed by atoms with Gasteiger partial charge in [0.15, 0.2) is 0 Å². The van der Waals surface area contributed by atoms with E-state index in [0.717, 1.165) is 12.0 Å². The standard InChI is InChI=1S/C12H14O2/c1-3-10-5-4-6-11(8-10)7-9(2)12(13)14/h4-8H,3H2,1-2H3,(H,13,14). The third kappa shape index (κ3) is 2.73. The quantitative estimate of drug-likeness (QED) is 0.744. The maximum atomic E-state index is 10.6. The van der Waals surface area contributed by atoms with E-state index in [-0.39, 0.29) is 0 Å². The molecule has 0 aliphatic carbocycles. The number of carboxylic acids is 1. The Balaban J connectivity index is 2.97. The van der Waals surface area contributed by atoms with E-state index in [0.29, 0.717) is 5.57 Å². The van der Waals surface area contributed by atoms with Crippen molar-refractivity contribution in [2.24, 2.45) is 0 Å². The van der Waals surface area contributed by atoms with Crippen LogP contribution in [0.4, 0.5) is 0 Å². The zero-order valence-corrected chi connectivity index (χ0v) is 8.45. The fourth-order valence-electron chi connectivity index (χ4n) is 1.21. The van der Waals surface area contributed by atoms with Gasteiger partial charge in [0.2, 0.25) is 0 Å². The van der Waals surface area contributed by atoms with Crippen LogP contribution in [0.15, 0.2) is 29.8 Å². The molecule has 74 valence electrons. The number of carbonyl (C=O) groups is 1. The third-order valence-corrected chi connectivity index (χ3v) is 2.08. The van der Waals surface area contributed by atoms with Gasteiger partial charge < -0.3 is 5.11 Å². The molecule has 0 bridgehead atoms. The molecule has 0 amide bonds. The van der Waals surface area contributed by atoms with E-state index < -0.39 is 5.97 Å². The van der Waals surface area contributed by atoms with E-state index in [1.54, 1.807) is 13.0 Å². The lowest BCUT2D eigenvalue weighted by Crippen LogP contribution is -1.95. The molecule has 0 saturated carbocycles. The predicted octanol–water partition coefficient (Wildman–Crippen LogP) is 2.74. The van der Waals surface area contributed by atoms with Crippen LogP contribution in [0.25, 0.3) is 6.08 Å². The van der Waals surface area contributed by atoms with Crippen molar-refractivity contribution in [3.63, 3.8) is 0 Å². The molecule has 0 radical (unpaired) electrons. The highest BCUT2D eigenvalue weighted by molar-refractivity contribution is 5.91. The van der Waals surface area contributed by atoms with Gasteiger partial charge in [-0.1, -0.05) is 31.2 Å². The number of hydrogen-bond donors (Lipinski definition) is 1. The summed E-state index contributed by atoms with van der Waals surface area (Å²) in [7, 11) is 0. The molecule has 1 aromatic rings. The molecule has 0 aliphatic rings. The lowest BCUT2D eigenvalue weighted by molar-refractivity contribution is -0.132. The Hall–Kier alpha value is -1.57. The first-order valence-electron chi connectivity index (χ1n) is 4.64. The van der Waals surface area contributed by atoms with Crippen LogP contribution in [0.3, 0.4) is 0 Å². The zero-order chi connectivity index (χ0) is 10.6. The number of carboxylic acid groups (broad SMARTS) is 1. The Labute approximate surface area is 83.9 Å². The monoisotopic (exact) mass is 190 g/mol. The number of rotatable bonds is 3. The van der Waals surface area contributed by atoms with Crippen LogP contribution in [0, 0.1) is 0 Å². The molecule has 0 heterocycles. The van der Waals surface area contributed by atoms with Crippen LogP contribution in [-0.2, 0) is 11.2 Å². The van der Waals surface area contributed by atoms with Crippen LogP contribution in [0.5, 0.6) is 0 Å². The van der Waals surface area contributed by atoms with Gasteiger partial charge in [0.1, 0.15) is 0 Å². The van der Waals surface area contributed by atoms with Gasteiger partial charge in [-0.3, -0.25) is 0 Å². The minimum atomic E-state index is -0.869. The van der Waals surface area contributed by atoms with Crippen LogP contribution < -0.4 is 0 Å². The maximum Gasteiger partial charge on any atom is 0.331 e. The first kappa shape index (κ1) is 10.5. The molecule has 0 aromatic heterocycles. The lowest BCUT2D eigenvalue weighted by Gasteiger charge is -1.99. The van der Waals surface area contributed by atoms with E-state index in [4.69, 9.17) is 5.11 Å². The van der Waals surface area contributed by atoms with Crippen LogP contribution >= 0.6 is 0 Å². The Morgan fingerprint density at radius 1 is 1.50 bits per heavy atom. The smallest absolute Gasteiger partial charge is 0.331 e. The van der Waals surface area contributed by atoms with E-state index in [9.17, 15) is 4.79 Å².